The Balaban J connectivity index is 2.10. The van der Waals surface area contributed by atoms with Crippen molar-refractivity contribution in [2.75, 3.05) is 0 Å². The third-order valence-corrected chi connectivity index (χ3v) is 3.43. The lowest BCUT2D eigenvalue weighted by Gasteiger charge is -2.42. The molecule has 0 aromatic heterocycles. The lowest BCUT2D eigenvalue weighted by Crippen LogP contribution is -2.48. The molecule has 98 valence electrons. The first-order valence-corrected chi connectivity index (χ1v) is 6.57. The van der Waals surface area contributed by atoms with Crippen molar-refractivity contribution in [3.63, 3.8) is 0 Å². The van der Waals surface area contributed by atoms with Crippen LogP contribution in [0.25, 0.3) is 6.08 Å². The fourth-order valence-electron chi connectivity index (χ4n) is 2.27. The van der Waals surface area contributed by atoms with Crippen molar-refractivity contribution in [1.29, 1.82) is 0 Å². The standard InChI is InChI=1S/C16H22O2/c1-12-13(2)17-16(3,4)18-15(12)11-10-14-8-6-5-7-9-14/h5-13,15H,1-4H3/b11-10+/t12-,13-,15+/m0/s1. The van der Waals surface area contributed by atoms with Crippen LogP contribution in [0.15, 0.2) is 36.4 Å². The Hall–Kier alpha value is -1.12. The summed E-state index contributed by atoms with van der Waals surface area (Å²) in [4.78, 5) is 0. The predicted octanol–water partition coefficient (Wildman–Crippen LogP) is 3.88. The van der Waals surface area contributed by atoms with E-state index in [-0.39, 0.29) is 12.2 Å². The molecule has 0 N–H and O–H groups in total. The van der Waals surface area contributed by atoms with E-state index in [1.807, 2.05) is 32.0 Å². The molecule has 0 amide bonds. The first-order valence-electron chi connectivity index (χ1n) is 6.57. The zero-order valence-electron chi connectivity index (χ0n) is 11.6. The van der Waals surface area contributed by atoms with Crippen LogP contribution in [-0.4, -0.2) is 18.0 Å². The summed E-state index contributed by atoms with van der Waals surface area (Å²) in [5.41, 5.74) is 1.20. The average molecular weight is 246 g/mol. The van der Waals surface area contributed by atoms with Crippen LogP contribution in [0.3, 0.4) is 0 Å². The Kier molecular flexibility index (Phi) is 3.88. The molecule has 2 rings (SSSR count). The minimum Gasteiger partial charge on any atom is -0.347 e. The monoisotopic (exact) mass is 246 g/mol. The quantitative estimate of drug-likeness (QED) is 0.788. The molecule has 1 saturated heterocycles. The van der Waals surface area contributed by atoms with Gasteiger partial charge in [-0.25, -0.2) is 0 Å². The normalized spacial score (nSPS) is 31.7. The van der Waals surface area contributed by atoms with Crippen LogP contribution in [0.2, 0.25) is 0 Å². The number of benzene rings is 1. The summed E-state index contributed by atoms with van der Waals surface area (Å²) >= 11 is 0. The molecule has 0 radical (unpaired) electrons. The molecule has 0 aliphatic carbocycles. The van der Waals surface area contributed by atoms with Gasteiger partial charge in [0.2, 0.25) is 0 Å². The van der Waals surface area contributed by atoms with Crippen LogP contribution >= 0.6 is 0 Å². The molecule has 2 heteroatoms. The second-order valence-corrected chi connectivity index (χ2v) is 5.43. The van der Waals surface area contributed by atoms with E-state index in [0.717, 1.165) is 0 Å². The van der Waals surface area contributed by atoms with Crippen LogP contribution in [0.4, 0.5) is 0 Å². The Bertz CT molecular complexity index is 408. The summed E-state index contributed by atoms with van der Waals surface area (Å²) in [6, 6.07) is 10.3. The van der Waals surface area contributed by atoms with E-state index in [4.69, 9.17) is 9.47 Å². The highest BCUT2D eigenvalue weighted by Crippen LogP contribution is 2.31. The minimum atomic E-state index is -0.502. The van der Waals surface area contributed by atoms with Crippen LogP contribution in [-0.2, 0) is 9.47 Å². The SMILES string of the molecule is C[C@H]1[C@H](C)OC(C)(C)O[C@@H]1/C=C/c1ccccc1. The molecule has 1 aliphatic rings. The number of hydrogen-bond acceptors (Lipinski definition) is 2. The highest BCUT2D eigenvalue weighted by Gasteiger charge is 2.37. The fourth-order valence-corrected chi connectivity index (χ4v) is 2.27. The van der Waals surface area contributed by atoms with E-state index in [2.05, 4.69) is 38.1 Å². The summed E-state index contributed by atoms with van der Waals surface area (Å²) in [6.45, 7) is 8.22. The van der Waals surface area contributed by atoms with Crippen molar-refractivity contribution in [1.82, 2.24) is 0 Å². The van der Waals surface area contributed by atoms with E-state index < -0.39 is 5.79 Å². The topological polar surface area (TPSA) is 18.5 Å². The summed E-state index contributed by atoms with van der Waals surface area (Å²) < 4.78 is 11.8. The first-order chi connectivity index (χ1) is 8.48. The van der Waals surface area contributed by atoms with Crippen molar-refractivity contribution >= 4 is 6.08 Å². The van der Waals surface area contributed by atoms with E-state index in [0.29, 0.717) is 5.92 Å². The van der Waals surface area contributed by atoms with E-state index in [1.54, 1.807) is 0 Å². The Labute approximate surface area is 110 Å². The van der Waals surface area contributed by atoms with Gasteiger partial charge in [-0.3, -0.25) is 0 Å². The largest absolute Gasteiger partial charge is 0.347 e. The van der Waals surface area contributed by atoms with Gasteiger partial charge in [0, 0.05) is 5.92 Å². The van der Waals surface area contributed by atoms with Crippen LogP contribution < -0.4 is 0 Å². The smallest absolute Gasteiger partial charge is 0.163 e. The molecule has 0 unspecified atom stereocenters. The molecule has 1 fully saturated rings. The van der Waals surface area contributed by atoms with Crippen LogP contribution in [0.5, 0.6) is 0 Å². The van der Waals surface area contributed by atoms with Gasteiger partial charge in [-0.1, -0.05) is 49.4 Å². The molecule has 0 spiro atoms. The van der Waals surface area contributed by atoms with E-state index >= 15 is 0 Å². The Morgan fingerprint density at radius 2 is 1.72 bits per heavy atom. The van der Waals surface area contributed by atoms with Gasteiger partial charge in [-0.05, 0) is 26.3 Å². The molecule has 1 aromatic carbocycles. The minimum absolute atomic E-state index is 0.101. The van der Waals surface area contributed by atoms with Crippen LogP contribution in [0, 0.1) is 5.92 Å². The predicted molar refractivity (Wildman–Crippen MR) is 74.1 cm³/mol. The van der Waals surface area contributed by atoms with Crippen molar-refractivity contribution in [3.05, 3.63) is 42.0 Å². The maximum atomic E-state index is 5.97. The van der Waals surface area contributed by atoms with Gasteiger partial charge in [-0.2, -0.15) is 0 Å². The Morgan fingerprint density at radius 1 is 1.06 bits per heavy atom. The summed E-state index contributed by atoms with van der Waals surface area (Å²) in [6.07, 6.45) is 4.57. The summed E-state index contributed by atoms with van der Waals surface area (Å²) in [7, 11) is 0. The number of rotatable bonds is 2. The number of hydrogen-bond donors (Lipinski definition) is 0. The van der Waals surface area contributed by atoms with Crippen molar-refractivity contribution in [2.45, 2.75) is 45.7 Å². The van der Waals surface area contributed by atoms with Crippen molar-refractivity contribution < 1.29 is 9.47 Å². The molecule has 0 bridgehead atoms. The van der Waals surface area contributed by atoms with Gasteiger partial charge >= 0.3 is 0 Å². The van der Waals surface area contributed by atoms with Gasteiger partial charge in [0.25, 0.3) is 0 Å². The van der Waals surface area contributed by atoms with Gasteiger partial charge < -0.3 is 9.47 Å². The van der Waals surface area contributed by atoms with Gasteiger partial charge in [0.05, 0.1) is 12.2 Å². The molecule has 3 atom stereocenters. The summed E-state index contributed by atoms with van der Waals surface area (Å²) in [5, 5.41) is 0. The lowest BCUT2D eigenvalue weighted by atomic mass is 9.95. The molecule has 2 nitrogen and oxygen atoms in total. The first kappa shape index (κ1) is 13.3. The highest BCUT2D eigenvalue weighted by molar-refractivity contribution is 5.49. The molecule has 1 heterocycles. The zero-order chi connectivity index (χ0) is 13.2. The number of ether oxygens (including phenoxy) is 2. The average Bonchev–Trinajstić information content (AvgIpc) is 2.33. The highest BCUT2D eigenvalue weighted by atomic mass is 16.7. The Morgan fingerprint density at radius 3 is 2.39 bits per heavy atom. The third kappa shape index (κ3) is 3.21. The molecule has 18 heavy (non-hydrogen) atoms. The zero-order valence-corrected chi connectivity index (χ0v) is 11.6. The molecular formula is C16H22O2. The van der Waals surface area contributed by atoms with E-state index in [1.165, 1.54) is 5.56 Å². The maximum absolute atomic E-state index is 5.97. The molecule has 1 aliphatic heterocycles. The van der Waals surface area contributed by atoms with E-state index in [9.17, 15) is 0 Å². The van der Waals surface area contributed by atoms with Gasteiger partial charge in [0.1, 0.15) is 0 Å². The van der Waals surface area contributed by atoms with Crippen molar-refractivity contribution in [3.8, 4) is 0 Å². The fraction of sp³-hybridized carbons (Fsp3) is 0.500. The molecule has 1 aromatic rings. The van der Waals surface area contributed by atoms with Crippen LogP contribution in [0.1, 0.15) is 33.3 Å². The molecule has 0 saturated carbocycles. The second kappa shape index (κ2) is 5.25. The maximum Gasteiger partial charge on any atom is 0.163 e. The second-order valence-electron chi connectivity index (χ2n) is 5.43. The lowest BCUT2D eigenvalue weighted by molar-refractivity contribution is -0.304. The van der Waals surface area contributed by atoms with Gasteiger partial charge in [-0.15, -0.1) is 0 Å². The van der Waals surface area contributed by atoms with Crippen molar-refractivity contribution in [2.24, 2.45) is 5.92 Å². The van der Waals surface area contributed by atoms with Gasteiger partial charge in [0.15, 0.2) is 5.79 Å². The molecular weight excluding hydrogens is 224 g/mol. The third-order valence-electron chi connectivity index (χ3n) is 3.43. The summed E-state index contributed by atoms with van der Waals surface area (Å²) in [5.74, 6) is -0.143.